The summed E-state index contributed by atoms with van der Waals surface area (Å²) in [7, 11) is 0. The summed E-state index contributed by atoms with van der Waals surface area (Å²) < 4.78 is 29.9. The Morgan fingerprint density at radius 1 is 1.18 bits per heavy atom. The summed E-state index contributed by atoms with van der Waals surface area (Å²) in [4.78, 5) is 35.9. The van der Waals surface area contributed by atoms with E-state index in [2.05, 4.69) is 25.6 Å². The molecule has 0 fully saturated rings. The molecule has 4 rings (SSSR count). The molecule has 10 heteroatoms. The Hall–Kier alpha value is -4.08. The molecule has 4 aromatic rings. The minimum atomic E-state index is -3.30. The lowest BCUT2D eigenvalue weighted by Crippen LogP contribution is -2.36. The number of amides is 1. The Labute approximate surface area is 187 Å². The normalized spacial score (nSPS) is 11.5. The van der Waals surface area contributed by atoms with E-state index in [1.54, 1.807) is 6.92 Å². The monoisotopic (exact) mass is 452 g/mol. The molecule has 0 spiro atoms. The zero-order chi connectivity index (χ0) is 23.4. The molecule has 0 aliphatic carbocycles. The van der Waals surface area contributed by atoms with E-state index in [-0.39, 0.29) is 18.3 Å². The number of hydrogen-bond acceptors (Lipinski definition) is 5. The number of aryl methyl sites for hydroxylation is 1. The van der Waals surface area contributed by atoms with E-state index in [1.165, 1.54) is 35.2 Å². The number of aromatic nitrogens is 4. The molecule has 1 aromatic carbocycles. The van der Waals surface area contributed by atoms with E-state index in [1.807, 2.05) is 30.5 Å². The van der Waals surface area contributed by atoms with Crippen LogP contribution in [0.5, 0.6) is 0 Å². The third kappa shape index (κ3) is 5.05. The molecular weight excluding hydrogens is 430 g/mol. The summed E-state index contributed by atoms with van der Waals surface area (Å²) in [6, 6.07) is 11.9. The molecule has 0 saturated heterocycles. The second-order valence-electron chi connectivity index (χ2n) is 7.59. The average Bonchev–Trinajstić information content (AvgIpc) is 3.28. The number of anilines is 1. The van der Waals surface area contributed by atoms with Gasteiger partial charge < -0.3 is 15.6 Å². The highest BCUT2D eigenvalue weighted by Crippen LogP contribution is 2.25. The highest BCUT2D eigenvalue weighted by Gasteiger charge is 2.33. The third-order valence-corrected chi connectivity index (χ3v) is 5.18. The van der Waals surface area contributed by atoms with Gasteiger partial charge in [0, 0.05) is 36.3 Å². The number of halogens is 2. The minimum Gasteiger partial charge on any atom is -0.361 e. The Kier molecular flexibility index (Phi) is 6.16. The fourth-order valence-corrected chi connectivity index (χ4v) is 3.37. The fraction of sp³-hybridized carbons (Fsp3) is 0.217. The number of carbonyl (C=O) groups is 1. The van der Waals surface area contributed by atoms with Gasteiger partial charge in [-0.2, -0.15) is 8.78 Å². The van der Waals surface area contributed by atoms with Gasteiger partial charge in [0.1, 0.15) is 12.2 Å². The van der Waals surface area contributed by atoms with Gasteiger partial charge in [0.05, 0.1) is 6.54 Å². The Morgan fingerprint density at radius 3 is 2.82 bits per heavy atom. The maximum absolute atomic E-state index is 14.4. The molecule has 0 atom stereocenters. The lowest BCUT2D eigenvalue weighted by atomic mass is 10.1. The summed E-state index contributed by atoms with van der Waals surface area (Å²) in [6.07, 6.45) is 4.47. The van der Waals surface area contributed by atoms with Crippen LogP contribution >= 0.6 is 0 Å². The minimum absolute atomic E-state index is 0.259. The predicted molar refractivity (Wildman–Crippen MR) is 120 cm³/mol. The number of carbonyl (C=O) groups excluding carboxylic acids is 1. The number of alkyl halides is 2. The molecular formula is C23H22F2N6O2. The van der Waals surface area contributed by atoms with Gasteiger partial charge >= 0.3 is 5.92 Å². The van der Waals surface area contributed by atoms with E-state index >= 15 is 0 Å². The average molecular weight is 452 g/mol. The highest BCUT2D eigenvalue weighted by atomic mass is 19.3. The molecule has 1 amide bonds. The van der Waals surface area contributed by atoms with Crippen LogP contribution < -0.4 is 16.2 Å². The van der Waals surface area contributed by atoms with Gasteiger partial charge in [0.25, 0.3) is 5.56 Å². The van der Waals surface area contributed by atoms with Gasteiger partial charge in [0.2, 0.25) is 5.91 Å². The Bertz CT molecular complexity index is 1330. The molecule has 0 bridgehead atoms. The zero-order valence-corrected chi connectivity index (χ0v) is 17.8. The van der Waals surface area contributed by atoms with Gasteiger partial charge in [-0.3, -0.25) is 19.1 Å². The van der Waals surface area contributed by atoms with E-state index in [9.17, 15) is 18.4 Å². The molecule has 0 aliphatic rings. The summed E-state index contributed by atoms with van der Waals surface area (Å²) in [5.41, 5.74) is 1.27. The first-order valence-electron chi connectivity index (χ1n) is 10.3. The lowest BCUT2D eigenvalue weighted by molar-refractivity contribution is -0.121. The molecule has 3 aromatic heterocycles. The number of pyridine rings is 1. The molecule has 0 aliphatic heterocycles. The quantitative estimate of drug-likeness (QED) is 0.381. The first kappa shape index (κ1) is 22.1. The van der Waals surface area contributed by atoms with Crippen molar-refractivity contribution in [3.8, 4) is 0 Å². The molecule has 0 unspecified atom stereocenters. The maximum atomic E-state index is 14.4. The molecule has 8 nitrogen and oxygen atoms in total. The largest absolute Gasteiger partial charge is 0.361 e. The van der Waals surface area contributed by atoms with Crippen molar-refractivity contribution in [3.05, 3.63) is 88.4 Å². The van der Waals surface area contributed by atoms with Crippen LogP contribution in [0.15, 0.2) is 65.8 Å². The molecule has 0 radical (unpaired) electrons. The highest BCUT2D eigenvalue weighted by molar-refractivity contribution is 5.80. The number of H-pyrrole nitrogens is 1. The fourth-order valence-electron chi connectivity index (χ4n) is 3.37. The van der Waals surface area contributed by atoms with Gasteiger partial charge in [-0.15, -0.1) is 0 Å². The molecule has 3 heterocycles. The van der Waals surface area contributed by atoms with Crippen molar-refractivity contribution in [2.45, 2.75) is 25.9 Å². The van der Waals surface area contributed by atoms with Crippen LogP contribution in [0.1, 0.15) is 17.0 Å². The third-order valence-electron chi connectivity index (χ3n) is 5.18. The first-order chi connectivity index (χ1) is 15.8. The van der Waals surface area contributed by atoms with Gasteiger partial charge in [-0.05, 0) is 48.2 Å². The summed E-state index contributed by atoms with van der Waals surface area (Å²) in [5.74, 6) is -3.95. The second-order valence-corrected chi connectivity index (χ2v) is 7.59. The van der Waals surface area contributed by atoms with Crippen molar-refractivity contribution in [2.75, 3.05) is 11.9 Å². The predicted octanol–water partition coefficient (Wildman–Crippen LogP) is 2.95. The molecule has 0 saturated carbocycles. The number of fused-ring (bicyclic) bond motifs is 1. The van der Waals surface area contributed by atoms with E-state index < -0.39 is 23.7 Å². The number of benzene rings is 1. The topological polar surface area (TPSA) is 105 Å². The summed E-state index contributed by atoms with van der Waals surface area (Å²) in [6.45, 7) is 0.794. The smallest absolute Gasteiger partial charge is 0.306 e. The van der Waals surface area contributed by atoms with Crippen molar-refractivity contribution < 1.29 is 13.6 Å². The number of nitrogens with zero attached hydrogens (tertiary/aromatic N) is 3. The SMILES string of the molecule is Cc1cnc(NCC(F)(F)c2ccccn2)c(=O)n1CC(=O)NCc1ccc2[nH]ccc2c1. The molecule has 33 heavy (non-hydrogen) atoms. The van der Waals surface area contributed by atoms with Crippen LogP contribution in [0.25, 0.3) is 10.9 Å². The Balaban J connectivity index is 1.41. The number of rotatable bonds is 8. The van der Waals surface area contributed by atoms with Crippen molar-refractivity contribution in [2.24, 2.45) is 0 Å². The Morgan fingerprint density at radius 2 is 2.03 bits per heavy atom. The summed E-state index contributed by atoms with van der Waals surface area (Å²) in [5, 5.41) is 6.20. The van der Waals surface area contributed by atoms with Gasteiger partial charge in [0.15, 0.2) is 5.82 Å². The van der Waals surface area contributed by atoms with Gasteiger partial charge in [-0.1, -0.05) is 12.1 Å². The second kappa shape index (κ2) is 9.19. The maximum Gasteiger partial charge on any atom is 0.306 e. The molecule has 170 valence electrons. The number of aromatic amines is 1. The van der Waals surface area contributed by atoms with Gasteiger partial charge in [-0.25, -0.2) is 4.98 Å². The van der Waals surface area contributed by atoms with Crippen molar-refractivity contribution in [1.29, 1.82) is 0 Å². The molecule has 3 N–H and O–H groups in total. The van der Waals surface area contributed by atoms with Crippen molar-refractivity contribution in [1.82, 2.24) is 24.8 Å². The zero-order valence-electron chi connectivity index (χ0n) is 17.8. The van der Waals surface area contributed by atoms with Crippen LogP contribution in [-0.4, -0.2) is 32.0 Å². The van der Waals surface area contributed by atoms with E-state index in [0.29, 0.717) is 12.2 Å². The summed E-state index contributed by atoms with van der Waals surface area (Å²) >= 11 is 0. The van der Waals surface area contributed by atoms with E-state index in [4.69, 9.17) is 0 Å². The van der Waals surface area contributed by atoms with Crippen LogP contribution in [0.4, 0.5) is 14.6 Å². The van der Waals surface area contributed by atoms with Crippen LogP contribution in [0.3, 0.4) is 0 Å². The van der Waals surface area contributed by atoms with Crippen LogP contribution in [0.2, 0.25) is 0 Å². The lowest BCUT2D eigenvalue weighted by Gasteiger charge is -2.17. The number of nitrogens with one attached hydrogen (secondary N) is 3. The number of hydrogen-bond donors (Lipinski definition) is 3. The van der Waals surface area contributed by atoms with Crippen LogP contribution in [0, 0.1) is 6.92 Å². The van der Waals surface area contributed by atoms with Crippen molar-refractivity contribution in [3.63, 3.8) is 0 Å². The van der Waals surface area contributed by atoms with E-state index in [0.717, 1.165) is 16.5 Å². The van der Waals surface area contributed by atoms with Crippen molar-refractivity contribution >= 4 is 22.6 Å². The van der Waals surface area contributed by atoms with Crippen LogP contribution in [-0.2, 0) is 23.8 Å². The first-order valence-corrected chi connectivity index (χ1v) is 10.3. The standard InChI is InChI=1S/C23H22F2N6O2/c1-15-11-29-21(30-14-23(24,25)19-4-2-3-8-27-19)22(33)31(15)13-20(32)28-12-16-5-6-18-17(10-16)7-9-26-18/h2-11,26H,12-14H2,1H3,(H,28,32)(H,29,30).